The number of nitrogens with zero attached hydrogens (tertiary/aromatic N) is 2. The summed E-state index contributed by atoms with van der Waals surface area (Å²) in [5.41, 5.74) is 4.73. The number of guanidine groups is 1. The van der Waals surface area contributed by atoms with Gasteiger partial charge in [-0.25, -0.2) is 13.4 Å². The van der Waals surface area contributed by atoms with Crippen molar-refractivity contribution in [2.24, 2.45) is 4.99 Å². The number of rotatable bonds is 7. The Kier molecular flexibility index (Phi) is 9.26. The molecule has 1 heterocycles. The van der Waals surface area contributed by atoms with Crippen molar-refractivity contribution < 1.29 is 12.8 Å². The highest BCUT2D eigenvalue weighted by Gasteiger charge is 2.11. The molecule has 2 aromatic carbocycles. The summed E-state index contributed by atoms with van der Waals surface area (Å²) in [7, 11) is -1.51. The Labute approximate surface area is 206 Å². The number of sulfone groups is 1. The lowest BCUT2D eigenvalue weighted by atomic mass is 10.1. The number of benzene rings is 2. The lowest BCUT2D eigenvalue weighted by Crippen LogP contribution is -2.37. The first-order valence-electron chi connectivity index (χ1n) is 10.0. The van der Waals surface area contributed by atoms with Crippen LogP contribution in [0.4, 0.5) is 0 Å². The summed E-state index contributed by atoms with van der Waals surface area (Å²) in [5.74, 6) is 1.28. The standard InChI is InChI=1S/C23H28N4O3S.HI/c1-16-5-8-19(9-6-16)22-27-20(15-30-22)11-12-25-23(24-3)26-14-18-7-10-21(17(2)13-18)31(4,28)29;/h5-10,13,15H,11-12,14H2,1-4H3,(H2,24,25,26);1H. The Morgan fingerprint density at radius 1 is 1.09 bits per heavy atom. The maximum Gasteiger partial charge on any atom is 0.226 e. The lowest BCUT2D eigenvalue weighted by molar-refractivity contribution is 0.572. The zero-order valence-corrected chi connectivity index (χ0v) is 21.8. The average molecular weight is 568 g/mol. The third kappa shape index (κ3) is 7.06. The first-order valence-corrected chi connectivity index (χ1v) is 11.9. The topological polar surface area (TPSA) is 96.6 Å². The van der Waals surface area contributed by atoms with E-state index in [1.165, 1.54) is 11.8 Å². The second-order valence-corrected chi connectivity index (χ2v) is 9.47. The van der Waals surface area contributed by atoms with Gasteiger partial charge in [-0.1, -0.05) is 29.8 Å². The minimum atomic E-state index is -3.21. The maximum absolute atomic E-state index is 11.8. The molecule has 0 aliphatic rings. The van der Waals surface area contributed by atoms with Crippen molar-refractivity contribution in [3.8, 4) is 11.5 Å². The van der Waals surface area contributed by atoms with Gasteiger partial charge in [0.2, 0.25) is 5.89 Å². The fraction of sp³-hybridized carbons (Fsp3) is 0.304. The van der Waals surface area contributed by atoms with Crippen LogP contribution >= 0.6 is 24.0 Å². The molecule has 172 valence electrons. The van der Waals surface area contributed by atoms with Gasteiger partial charge in [-0.15, -0.1) is 24.0 Å². The molecule has 0 spiro atoms. The highest BCUT2D eigenvalue weighted by atomic mass is 127. The van der Waals surface area contributed by atoms with Gasteiger partial charge >= 0.3 is 0 Å². The molecule has 7 nitrogen and oxygen atoms in total. The summed E-state index contributed by atoms with van der Waals surface area (Å²) in [4.78, 5) is 9.14. The molecule has 9 heteroatoms. The second-order valence-electron chi connectivity index (χ2n) is 7.48. The van der Waals surface area contributed by atoms with E-state index in [2.05, 4.69) is 20.6 Å². The van der Waals surface area contributed by atoms with Crippen LogP contribution in [0.3, 0.4) is 0 Å². The minimum Gasteiger partial charge on any atom is -0.444 e. The van der Waals surface area contributed by atoms with Crippen LogP contribution in [-0.2, 0) is 22.8 Å². The fourth-order valence-corrected chi connectivity index (χ4v) is 4.16. The van der Waals surface area contributed by atoms with Gasteiger partial charge in [0.15, 0.2) is 15.8 Å². The Balaban J connectivity index is 0.00000363. The van der Waals surface area contributed by atoms with Crippen molar-refractivity contribution in [1.82, 2.24) is 15.6 Å². The molecule has 3 aromatic rings. The predicted molar refractivity (Wildman–Crippen MR) is 138 cm³/mol. The molecule has 0 saturated carbocycles. The smallest absolute Gasteiger partial charge is 0.226 e. The van der Waals surface area contributed by atoms with Crippen LogP contribution < -0.4 is 10.6 Å². The Hall–Kier alpha value is -2.40. The van der Waals surface area contributed by atoms with E-state index in [4.69, 9.17) is 4.42 Å². The predicted octanol–water partition coefficient (Wildman–Crippen LogP) is 3.89. The molecular formula is C23H29IN4O3S. The molecule has 0 unspecified atom stereocenters. The molecule has 0 atom stereocenters. The summed E-state index contributed by atoms with van der Waals surface area (Å²) < 4.78 is 29.1. The second kappa shape index (κ2) is 11.5. The zero-order chi connectivity index (χ0) is 22.4. The molecule has 32 heavy (non-hydrogen) atoms. The van der Waals surface area contributed by atoms with Crippen molar-refractivity contribution in [2.75, 3.05) is 19.8 Å². The Morgan fingerprint density at radius 3 is 2.44 bits per heavy atom. The average Bonchev–Trinajstić information content (AvgIpc) is 3.19. The SMILES string of the molecule is CN=C(NCCc1coc(-c2ccc(C)cc2)n1)NCc1ccc(S(C)(=O)=O)c(C)c1.I. The van der Waals surface area contributed by atoms with E-state index < -0.39 is 9.84 Å². The highest BCUT2D eigenvalue weighted by molar-refractivity contribution is 14.0. The van der Waals surface area contributed by atoms with Crippen LogP contribution in [0.15, 0.2) is 63.0 Å². The first-order chi connectivity index (χ1) is 14.8. The van der Waals surface area contributed by atoms with E-state index in [0.29, 0.717) is 36.3 Å². The lowest BCUT2D eigenvalue weighted by Gasteiger charge is -2.12. The van der Waals surface area contributed by atoms with Crippen molar-refractivity contribution in [3.63, 3.8) is 0 Å². The van der Waals surface area contributed by atoms with Crippen LogP contribution in [0.2, 0.25) is 0 Å². The van der Waals surface area contributed by atoms with Crippen molar-refractivity contribution in [3.05, 3.63) is 71.1 Å². The number of hydrogen-bond acceptors (Lipinski definition) is 5. The molecule has 0 saturated heterocycles. The van der Waals surface area contributed by atoms with Crippen LogP contribution in [0, 0.1) is 13.8 Å². The van der Waals surface area contributed by atoms with Crippen molar-refractivity contribution >= 4 is 39.8 Å². The number of oxazole rings is 1. The molecule has 1 aromatic heterocycles. The molecule has 0 radical (unpaired) electrons. The normalized spacial score (nSPS) is 11.7. The minimum absolute atomic E-state index is 0. The largest absolute Gasteiger partial charge is 0.444 e. The summed E-state index contributed by atoms with van der Waals surface area (Å²) in [6.45, 7) is 5.02. The number of aliphatic imine (C=N–C) groups is 1. The van der Waals surface area contributed by atoms with Crippen LogP contribution in [0.5, 0.6) is 0 Å². The first kappa shape index (κ1) is 25.9. The fourth-order valence-electron chi connectivity index (χ4n) is 3.20. The molecule has 3 rings (SSSR count). The zero-order valence-electron chi connectivity index (χ0n) is 18.7. The number of halogens is 1. The molecule has 0 aliphatic carbocycles. The molecular weight excluding hydrogens is 539 g/mol. The van der Waals surface area contributed by atoms with Gasteiger partial charge in [-0.05, 0) is 43.2 Å². The molecule has 0 bridgehead atoms. The van der Waals surface area contributed by atoms with E-state index >= 15 is 0 Å². The summed E-state index contributed by atoms with van der Waals surface area (Å²) in [6, 6.07) is 13.4. The number of hydrogen-bond donors (Lipinski definition) is 2. The van der Waals surface area contributed by atoms with Crippen LogP contribution in [0.25, 0.3) is 11.5 Å². The van der Waals surface area contributed by atoms with Crippen molar-refractivity contribution in [1.29, 1.82) is 0 Å². The van der Waals surface area contributed by atoms with E-state index in [9.17, 15) is 8.42 Å². The number of nitrogens with one attached hydrogen (secondary N) is 2. The third-order valence-corrected chi connectivity index (χ3v) is 6.10. The van der Waals surface area contributed by atoms with Gasteiger partial charge in [0.1, 0.15) is 6.26 Å². The molecule has 0 aliphatic heterocycles. The quantitative estimate of drug-likeness (QED) is 0.255. The number of aryl methyl sites for hydroxylation is 2. The van der Waals surface area contributed by atoms with E-state index in [0.717, 1.165) is 22.4 Å². The van der Waals surface area contributed by atoms with Gasteiger partial charge in [-0.3, -0.25) is 4.99 Å². The summed E-state index contributed by atoms with van der Waals surface area (Å²) in [6.07, 6.45) is 3.59. The third-order valence-electron chi connectivity index (χ3n) is 4.85. The summed E-state index contributed by atoms with van der Waals surface area (Å²) >= 11 is 0. The molecule has 2 N–H and O–H groups in total. The van der Waals surface area contributed by atoms with Gasteiger partial charge < -0.3 is 15.1 Å². The maximum atomic E-state index is 11.8. The Morgan fingerprint density at radius 2 is 1.81 bits per heavy atom. The monoisotopic (exact) mass is 568 g/mol. The highest BCUT2D eigenvalue weighted by Crippen LogP contribution is 2.19. The van der Waals surface area contributed by atoms with Gasteiger partial charge in [0.05, 0.1) is 10.6 Å². The summed E-state index contributed by atoms with van der Waals surface area (Å²) in [5, 5.41) is 6.50. The Bertz CT molecular complexity index is 1170. The van der Waals surface area contributed by atoms with E-state index in [-0.39, 0.29) is 24.0 Å². The van der Waals surface area contributed by atoms with Crippen LogP contribution in [-0.4, -0.2) is 39.2 Å². The number of aromatic nitrogens is 1. The van der Waals surface area contributed by atoms with Crippen LogP contribution in [0.1, 0.15) is 22.4 Å². The molecule has 0 fully saturated rings. The van der Waals surface area contributed by atoms with Gasteiger partial charge in [-0.2, -0.15) is 0 Å². The van der Waals surface area contributed by atoms with E-state index in [1.54, 1.807) is 26.3 Å². The van der Waals surface area contributed by atoms with Gasteiger partial charge in [0, 0.05) is 38.4 Å². The molecule has 0 amide bonds. The van der Waals surface area contributed by atoms with Gasteiger partial charge in [0.25, 0.3) is 0 Å². The van der Waals surface area contributed by atoms with E-state index in [1.807, 2.05) is 43.3 Å². The van der Waals surface area contributed by atoms with Crippen molar-refractivity contribution in [2.45, 2.75) is 31.7 Å².